The van der Waals surface area contributed by atoms with E-state index in [0.717, 1.165) is 30.2 Å². The Labute approximate surface area is 107 Å². The highest BCUT2D eigenvalue weighted by atomic mass is 32.1. The molecule has 0 radical (unpaired) electrons. The van der Waals surface area contributed by atoms with Crippen molar-refractivity contribution in [2.24, 2.45) is 0 Å². The zero-order chi connectivity index (χ0) is 11.8. The van der Waals surface area contributed by atoms with Crippen LogP contribution in [0.2, 0.25) is 0 Å². The van der Waals surface area contributed by atoms with Gasteiger partial charge in [-0.15, -0.1) is 11.3 Å². The van der Waals surface area contributed by atoms with E-state index in [0.29, 0.717) is 0 Å². The van der Waals surface area contributed by atoms with Crippen molar-refractivity contribution in [2.45, 2.75) is 50.9 Å². The van der Waals surface area contributed by atoms with Crippen LogP contribution in [0.1, 0.15) is 55.3 Å². The summed E-state index contributed by atoms with van der Waals surface area (Å²) in [5.74, 6) is 0.775. The fourth-order valence-corrected chi connectivity index (χ4v) is 3.54. The van der Waals surface area contributed by atoms with E-state index in [1.807, 2.05) is 0 Å². The van der Waals surface area contributed by atoms with Crippen molar-refractivity contribution < 1.29 is 4.74 Å². The third kappa shape index (κ3) is 2.44. The lowest BCUT2D eigenvalue weighted by atomic mass is 9.91. The molecule has 2 heterocycles. The quantitative estimate of drug-likeness (QED) is 0.816. The Kier molecular flexibility index (Phi) is 3.62. The molecule has 2 nitrogen and oxygen atoms in total. The number of ether oxygens (including phenoxy) is 1. The van der Waals surface area contributed by atoms with Crippen molar-refractivity contribution in [1.82, 2.24) is 4.98 Å². The molecular weight excluding hydrogens is 238 g/mol. The van der Waals surface area contributed by atoms with Crippen LogP contribution in [0.25, 0.3) is 0 Å². The Morgan fingerprint density at radius 2 is 2.25 bits per heavy atom. The van der Waals surface area contributed by atoms with Crippen molar-refractivity contribution in [3.05, 3.63) is 15.6 Å². The highest BCUT2D eigenvalue weighted by Crippen LogP contribution is 2.37. The van der Waals surface area contributed by atoms with Gasteiger partial charge in [0.05, 0.1) is 5.69 Å². The number of aromatic nitrogens is 1. The van der Waals surface area contributed by atoms with Crippen LogP contribution in [0.15, 0.2) is 0 Å². The molecule has 1 aromatic heterocycles. The molecule has 1 aliphatic heterocycles. The molecule has 16 heavy (non-hydrogen) atoms. The maximum atomic E-state index is 5.69. The Bertz CT molecular complexity index is 362. The van der Waals surface area contributed by atoms with Crippen LogP contribution < -0.4 is 0 Å². The number of hydrogen-bond acceptors (Lipinski definition) is 4. The summed E-state index contributed by atoms with van der Waals surface area (Å²) in [6, 6.07) is 0. The first-order valence-corrected chi connectivity index (χ1v) is 7.20. The van der Waals surface area contributed by atoms with Gasteiger partial charge in [0.1, 0.15) is 11.1 Å². The number of thiol groups is 1. The predicted octanol–water partition coefficient (Wildman–Crippen LogP) is 3.72. The normalized spacial score (nSPS) is 21.6. The van der Waals surface area contributed by atoms with Gasteiger partial charge in [-0.3, -0.25) is 0 Å². The van der Waals surface area contributed by atoms with Crippen molar-refractivity contribution in [3.8, 4) is 0 Å². The van der Waals surface area contributed by atoms with E-state index in [1.165, 1.54) is 10.6 Å². The molecule has 1 fully saturated rings. The topological polar surface area (TPSA) is 22.1 Å². The Morgan fingerprint density at radius 1 is 1.50 bits per heavy atom. The number of thiazole rings is 1. The monoisotopic (exact) mass is 257 g/mol. The average molecular weight is 257 g/mol. The lowest BCUT2D eigenvalue weighted by Gasteiger charge is -2.17. The summed E-state index contributed by atoms with van der Waals surface area (Å²) in [6.45, 7) is 7.49. The van der Waals surface area contributed by atoms with Crippen LogP contribution in [0.5, 0.6) is 0 Å². The summed E-state index contributed by atoms with van der Waals surface area (Å²) in [7, 11) is 0. The molecule has 1 saturated heterocycles. The van der Waals surface area contributed by atoms with E-state index < -0.39 is 0 Å². The van der Waals surface area contributed by atoms with Gasteiger partial charge in [0, 0.05) is 22.7 Å². The van der Waals surface area contributed by atoms with Crippen LogP contribution in [0.3, 0.4) is 0 Å². The molecule has 4 heteroatoms. The van der Waals surface area contributed by atoms with Gasteiger partial charge in [0.25, 0.3) is 0 Å². The molecule has 1 aromatic rings. The molecule has 1 aliphatic rings. The minimum Gasteiger partial charge on any atom is -0.371 e. The van der Waals surface area contributed by atoms with Crippen molar-refractivity contribution in [3.63, 3.8) is 0 Å². The minimum atomic E-state index is 0.103. The Balaban J connectivity index is 2.31. The van der Waals surface area contributed by atoms with Crippen molar-refractivity contribution in [1.29, 1.82) is 0 Å². The fourth-order valence-electron chi connectivity index (χ4n) is 1.97. The zero-order valence-electron chi connectivity index (χ0n) is 10.1. The zero-order valence-corrected chi connectivity index (χ0v) is 11.8. The second kappa shape index (κ2) is 4.67. The second-order valence-corrected chi connectivity index (χ2v) is 6.67. The van der Waals surface area contributed by atoms with Gasteiger partial charge in [0.2, 0.25) is 0 Å². The molecule has 0 amide bonds. The molecule has 0 saturated carbocycles. The van der Waals surface area contributed by atoms with Gasteiger partial charge in [-0.2, -0.15) is 12.6 Å². The molecular formula is C12H19NOS2. The standard InChI is InChI=1S/C12H19NOS2/c1-12(2,3)10-9(7-15)16-11(13-10)8-5-4-6-14-8/h8,15H,4-7H2,1-3H3. The molecule has 0 N–H and O–H groups in total. The number of hydrogen-bond donors (Lipinski definition) is 1. The van der Waals surface area contributed by atoms with E-state index in [2.05, 4.69) is 33.4 Å². The van der Waals surface area contributed by atoms with Crippen LogP contribution in [0, 0.1) is 0 Å². The molecule has 0 bridgehead atoms. The van der Waals surface area contributed by atoms with E-state index in [9.17, 15) is 0 Å². The second-order valence-electron chi connectivity index (χ2n) is 5.23. The first-order valence-electron chi connectivity index (χ1n) is 5.75. The number of rotatable bonds is 2. The lowest BCUT2D eigenvalue weighted by Crippen LogP contribution is -2.14. The highest BCUT2D eigenvalue weighted by Gasteiger charge is 2.27. The van der Waals surface area contributed by atoms with Crippen LogP contribution >= 0.6 is 24.0 Å². The number of nitrogens with zero attached hydrogens (tertiary/aromatic N) is 1. The van der Waals surface area contributed by atoms with Gasteiger partial charge in [-0.05, 0) is 12.8 Å². The van der Waals surface area contributed by atoms with Gasteiger partial charge in [-0.1, -0.05) is 20.8 Å². The summed E-state index contributed by atoms with van der Waals surface area (Å²) in [4.78, 5) is 6.07. The lowest BCUT2D eigenvalue weighted by molar-refractivity contribution is 0.111. The first kappa shape index (κ1) is 12.4. The molecule has 1 atom stereocenters. The fraction of sp³-hybridized carbons (Fsp3) is 0.750. The molecule has 1 unspecified atom stereocenters. The third-order valence-corrected chi connectivity index (χ3v) is 4.45. The van der Waals surface area contributed by atoms with Crippen molar-refractivity contribution in [2.75, 3.05) is 6.61 Å². The molecule has 0 aromatic carbocycles. The third-order valence-electron chi connectivity index (χ3n) is 2.77. The largest absolute Gasteiger partial charge is 0.371 e. The first-order chi connectivity index (χ1) is 7.52. The van der Waals surface area contributed by atoms with E-state index in [4.69, 9.17) is 9.72 Å². The van der Waals surface area contributed by atoms with E-state index in [-0.39, 0.29) is 11.5 Å². The summed E-state index contributed by atoms with van der Waals surface area (Å²) >= 11 is 6.17. The summed E-state index contributed by atoms with van der Waals surface area (Å²) in [5.41, 5.74) is 1.30. The predicted molar refractivity (Wildman–Crippen MR) is 71.4 cm³/mol. The smallest absolute Gasteiger partial charge is 0.122 e. The van der Waals surface area contributed by atoms with Crippen LogP contribution in [-0.4, -0.2) is 11.6 Å². The maximum absolute atomic E-state index is 5.69. The molecule has 0 spiro atoms. The minimum absolute atomic E-state index is 0.103. The van der Waals surface area contributed by atoms with Gasteiger partial charge in [0.15, 0.2) is 0 Å². The SMILES string of the molecule is CC(C)(C)c1nc(C2CCCO2)sc1CS. The van der Waals surface area contributed by atoms with Gasteiger partial charge in [-0.25, -0.2) is 4.98 Å². The van der Waals surface area contributed by atoms with Crippen LogP contribution in [0.4, 0.5) is 0 Å². The molecule has 90 valence electrons. The van der Waals surface area contributed by atoms with E-state index in [1.54, 1.807) is 11.3 Å². The van der Waals surface area contributed by atoms with Gasteiger partial charge >= 0.3 is 0 Å². The van der Waals surface area contributed by atoms with Crippen LogP contribution in [-0.2, 0) is 15.9 Å². The summed E-state index contributed by atoms with van der Waals surface area (Å²) in [6.07, 6.45) is 2.51. The summed E-state index contributed by atoms with van der Waals surface area (Å²) in [5, 5.41) is 1.14. The summed E-state index contributed by atoms with van der Waals surface area (Å²) < 4.78 is 5.69. The van der Waals surface area contributed by atoms with Gasteiger partial charge < -0.3 is 4.74 Å². The molecule has 0 aliphatic carbocycles. The van der Waals surface area contributed by atoms with Crippen molar-refractivity contribution >= 4 is 24.0 Å². The average Bonchev–Trinajstić information content (AvgIpc) is 2.85. The van der Waals surface area contributed by atoms with E-state index >= 15 is 0 Å². The highest BCUT2D eigenvalue weighted by molar-refractivity contribution is 7.79. The molecule has 2 rings (SSSR count). The Hall–Kier alpha value is -0.0600. The Morgan fingerprint density at radius 3 is 2.69 bits per heavy atom. The maximum Gasteiger partial charge on any atom is 0.122 e.